The van der Waals surface area contributed by atoms with Crippen molar-refractivity contribution in [3.8, 4) is 0 Å². The first-order valence-corrected chi connectivity index (χ1v) is 9.55. The van der Waals surface area contributed by atoms with E-state index in [9.17, 15) is 4.57 Å². The summed E-state index contributed by atoms with van der Waals surface area (Å²) in [7, 11) is -2.92. The van der Waals surface area contributed by atoms with Crippen molar-refractivity contribution in [2.45, 2.75) is 59.8 Å². The van der Waals surface area contributed by atoms with E-state index in [1.54, 1.807) is 0 Å². The Balaban J connectivity index is 4.28. The van der Waals surface area contributed by atoms with Gasteiger partial charge in [0.1, 0.15) is 0 Å². The van der Waals surface area contributed by atoms with Crippen LogP contribution >= 0.6 is 7.60 Å². The molecule has 0 aliphatic rings. The van der Waals surface area contributed by atoms with E-state index in [0.29, 0.717) is 19.4 Å². The minimum atomic E-state index is -2.92. The van der Waals surface area contributed by atoms with Crippen molar-refractivity contribution in [2.75, 3.05) is 19.4 Å². The van der Waals surface area contributed by atoms with Crippen molar-refractivity contribution in [1.82, 2.24) is 0 Å². The first-order valence-electron chi connectivity index (χ1n) is 7.82. The predicted octanol–water partition coefficient (Wildman–Crippen LogP) is 5.73. The predicted molar refractivity (Wildman–Crippen MR) is 87.4 cm³/mol. The summed E-state index contributed by atoms with van der Waals surface area (Å²) in [6.45, 7) is 8.92. The van der Waals surface area contributed by atoms with Gasteiger partial charge in [-0.1, -0.05) is 50.5 Å². The molecule has 0 aliphatic carbocycles. The molecule has 0 atom stereocenters. The zero-order valence-corrected chi connectivity index (χ0v) is 14.5. The minimum absolute atomic E-state index is 0.361. The Morgan fingerprint density at radius 3 is 1.95 bits per heavy atom. The van der Waals surface area contributed by atoms with Gasteiger partial charge in [0.05, 0.1) is 19.4 Å². The van der Waals surface area contributed by atoms with E-state index in [4.69, 9.17) is 9.05 Å². The molecule has 0 aromatic carbocycles. The average molecular weight is 302 g/mol. The lowest BCUT2D eigenvalue weighted by Gasteiger charge is -2.14. The Kier molecular flexibility index (Phi) is 12.1. The van der Waals surface area contributed by atoms with Gasteiger partial charge in [-0.15, -0.1) is 0 Å². The Labute approximate surface area is 125 Å². The summed E-state index contributed by atoms with van der Waals surface area (Å²) in [5, 5.41) is 0. The second kappa shape index (κ2) is 12.4. The highest BCUT2D eigenvalue weighted by molar-refractivity contribution is 7.54. The third-order valence-electron chi connectivity index (χ3n) is 2.83. The largest absolute Gasteiger partial charge is 0.334 e. The van der Waals surface area contributed by atoms with Crippen LogP contribution in [-0.4, -0.2) is 19.4 Å². The Morgan fingerprint density at radius 2 is 1.50 bits per heavy atom. The van der Waals surface area contributed by atoms with E-state index >= 15 is 0 Å². The molecule has 3 nitrogen and oxygen atoms in total. The van der Waals surface area contributed by atoms with Crippen LogP contribution < -0.4 is 0 Å². The minimum Gasteiger partial charge on any atom is -0.309 e. The molecule has 0 rings (SSSR count). The zero-order chi connectivity index (χ0) is 15.3. The van der Waals surface area contributed by atoms with Gasteiger partial charge in [-0.2, -0.15) is 0 Å². The molecule has 0 saturated heterocycles. The maximum Gasteiger partial charge on any atom is 0.334 e. The molecule has 0 amide bonds. The molecule has 118 valence electrons. The molecule has 0 aromatic heterocycles. The van der Waals surface area contributed by atoms with Gasteiger partial charge in [0.25, 0.3) is 0 Å². The van der Waals surface area contributed by atoms with Crippen LogP contribution in [0.1, 0.15) is 59.8 Å². The summed E-state index contributed by atoms with van der Waals surface area (Å²) in [4.78, 5) is 0. The number of allylic oxidation sites excluding steroid dienone is 4. The second-order valence-electron chi connectivity index (χ2n) is 4.70. The third kappa shape index (κ3) is 9.52. The van der Waals surface area contributed by atoms with E-state index in [0.717, 1.165) is 6.42 Å². The Morgan fingerprint density at radius 1 is 0.950 bits per heavy atom. The second-order valence-corrected chi connectivity index (χ2v) is 6.80. The van der Waals surface area contributed by atoms with E-state index in [-0.39, 0.29) is 0 Å². The van der Waals surface area contributed by atoms with Crippen molar-refractivity contribution >= 4 is 7.60 Å². The highest BCUT2D eigenvalue weighted by atomic mass is 31.2. The fourth-order valence-corrected chi connectivity index (χ4v) is 3.52. The lowest BCUT2D eigenvalue weighted by Crippen LogP contribution is -1.98. The molecule has 20 heavy (non-hydrogen) atoms. The molecule has 0 aliphatic heterocycles. The quantitative estimate of drug-likeness (QED) is 0.341. The molecule has 0 spiro atoms. The summed E-state index contributed by atoms with van der Waals surface area (Å²) in [5.74, 6) is 0. The standard InChI is InChI=1S/C16H31O3P/c1-5-12-16(13-6-2)14-10-9-11-15-20(17,18-7-3)19-8-4/h9,11,14H,5-8,10,12-13,15H2,1-4H3. The molecule has 0 fully saturated rings. The Hall–Kier alpha value is -0.370. The van der Waals surface area contributed by atoms with E-state index in [1.165, 1.54) is 31.3 Å². The maximum absolute atomic E-state index is 12.2. The van der Waals surface area contributed by atoms with Gasteiger partial charge in [-0.05, 0) is 33.1 Å². The summed E-state index contributed by atoms with van der Waals surface area (Å²) in [5.41, 5.74) is 1.53. The smallest absolute Gasteiger partial charge is 0.309 e. The van der Waals surface area contributed by atoms with Crippen molar-refractivity contribution in [2.24, 2.45) is 0 Å². The molecule has 4 heteroatoms. The number of hydrogen-bond acceptors (Lipinski definition) is 3. The monoisotopic (exact) mass is 302 g/mol. The van der Waals surface area contributed by atoms with Crippen molar-refractivity contribution in [1.29, 1.82) is 0 Å². The third-order valence-corrected chi connectivity index (χ3v) is 4.79. The van der Waals surface area contributed by atoms with Crippen molar-refractivity contribution in [3.63, 3.8) is 0 Å². The molecule has 0 radical (unpaired) electrons. The molecular formula is C16H31O3P. The van der Waals surface area contributed by atoms with E-state index in [2.05, 4.69) is 26.0 Å². The van der Waals surface area contributed by atoms with Gasteiger partial charge in [0, 0.05) is 0 Å². The van der Waals surface area contributed by atoms with Crippen LogP contribution in [0.2, 0.25) is 0 Å². The Bertz CT molecular complexity index is 317. The van der Waals surface area contributed by atoms with Gasteiger partial charge in [-0.3, -0.25) is 4.57 Å². The lowest BCUT2D eigenvalue weighted by atomic mass is 10.0. The zero-order valence-electron chi connectivity index (χ0n) is 13.6. The van der Waals surface area contributed by atoms with Gasteiger partial charge in [0.15, 0.2) is 0 Å². The molecule has 0 unspecified atom stereocenters. The van der Waals surface area contributed by atoms with Crippen LogP contribution in [-0.2, 0) is 13.6 Å². The van der Waals surface area contributed by atoms with E-state index in [1.807, 2.05) is 19.9 Å². The summed E-state index contributed by atoms with van der Waals surface area (Å²) in [6, 6.07) is 0. The van der Waals surface area contributed by atoms with Crippen LogP contribution in [0.25, 0.3) is 0 Å². The summed E-state index contributed by atoms with van der Waals surface area (Å²) < 4.78 is 22.7. The van der Waals surface area contributed by atoms with Gasteiger partial charge in [-0.25, -0.2) is 0 Å². The molecule has 0 saturated carbocycles. The fourth-order valence-electron chi connectivity index (χ4n) is 2.04. The average Bonchev–Trinajstić information content (AvgIpc) is 2.39. The normalized spacial score (nSPS) is 12.0. The van der Waals surface area contributed by atoms with Crippen LogP contribution in [0.4, 0.5) is 0 Å². The summed E-state index contributed by atoms with van der Waals surface area (Å²) in [6.07, 6.45) is 12.3. The molecule has 0 heterocycles. The van der Waals surface area contributed by atoms with Gasteiger partial charge < -0.3 is 9.05 Å². The number of hydrogen-bond donors (Lipinski definition) is 0. The topological polar surface area (TPSA) is 35.5 Å². The fraction of sp³-hybridized carbons (Fsp3) is 0.750. The van der Waals surface area contributed by atoms with Crippen LogP contribution in [0.3, 0.4) is 0 Å². The van der Waals surface area contributed by atoms with Gasteiger partial charge >= 0.3 is 7.60 Å². The molecule has 0 aromatic rings. The van der Waals surface area contributed by atoms with Crippen LogP contribution in [0.15, 0.2) is 23.8 Å². The lowest BCUT2D eigenvalue weighted by molar-refractivity contribution is 0.222. The highest BCUT2D eigenvalue weighted by Crippen LogP contribution is 2.47. The van der Waals surface area contributed by atoms with Crippen LogP contribution in [0.5, 0.6) is 0 Å². The van der Waals surface area contributed by atoms with Crippen molar-refractivity contribution in [3.05, 3.63) is 23.8 Å². The maximum atomic E-state index is 12.2. The molecule has 0 bridgehead atoms. The highest BCUT2D eigenvalue weighted by Gasteiger charge is 2.20. The SMILES string of the molecule is CCCC(=CCC=CCP(=O)(OCC)OCC)CCC. The number of rotatable bonds is 12. The summed E-state index contributed by atoms with van der Waals surface area (Å²) >= 11 is 0. The first-order chi connectivity index (χ1) is 9.61. The van der Waals surface area contributed by atoms with Gasteiger partial charge in [0.2, 0.25) is 0 Å². The molecular weight excluding hydrogens is 271 g/mol. The molecule has 0 N–H and O–H groups in total. The van der Waals surface area contributed by atoms with E-state index < -0.39 is 7.60 Å². The van der Waals surface area contributed by atoms with Crippen molar-refractivity contribution < 1.29 is 13.6 Å². The first kappa shape index (κ1) is 19.6. The van der Waals surface area contributed by atoms with Crippen LogP contribution in [0, 0.1) is 0 Å².